The summed E-state index contributed by atoms with van der Waals surface area (Å²) in [4.78, 5) is 12.4. The van der Waals surface area contributed by atoms with E-state index in [0.717, 1.165) is 12.1 Å². The van der Waals surface area contributed by atoms with Crippen LogP contribution < -0.4 is 15.4 Å². The first-order valence-electron chi connectivity index (χ1n) is 8.65. The van der Waals surface area contributed by atoms with E-state index in [1.165, 1.54) is 5.56 Å². The molecule has 5 heteroatoms. The third kappa shape index (κ3) is 5.94. The number of benzene rings is 3. The summed E-state index contributed by atoms with van der Waals surface area (Å²) in [5.41, 5.74) is 2.52. The second kappa shape index (κ2) is 9.50. The first-order valence-corrected chi connectivity index (χ1v) is 9.06. The van der Waals surface area contributed by atoms with Gasteiger partial charge in [0.2, 0.25) is 0 Å². The Labute approximate surface area is 164 Å². The molecule has 0 aliphatic carbocycles. The summed E-state index contributed by atoms with van der Waals surface area (Å²) in [6.45, 7) is 0.545. The number of anilines is 1. The number of amides is 1. The first-order chi connectivity index (χ1) is 13.2. The summed E-state index contributed by atoms with van der Waals surface area (Å²) in [6, 6.07) is 26.6. The average molecular weight is 376 g/mol. The van der Waals surface area contributed by atoms with Crippen molar-refractivity contribution in [2.45, 2.75) is 6.42 Å². The molecule has 136 valence electrons. The van der Waals surface area contributed by atoms with Crippen molar-refractivity contribution in [2.75, 3.05) is 11.9 Å². The number of carbonyl (C=O) groups excluding carboxylic acids is 1. The monoisotopic (exact) mass is 376 g/mol. The molecule has 0 heterocycles. The van der Waals surface area contributed by atoms with Crippen molar-refractivity contribution in [1.29, 1.82) is 0 Å². The van der Waals surface area contributed by atoms with Crippen LogP contribution in [0.1, 0.15) is 15.9 Å². The molecule has 0 aliphatic heterocycles. The molecule has 0 spiro atoms. The molecule has 3 rings (SSSR count). The van der Waals surface area contributed by atoms with Crippen molar-refractivity contribution in [3.05, 3.63) is 96.1 Å². The van der Waals surface area contributed by atoms with E-state index in [2.05, 4.69) is 22.8 Å². The molecule has 0 bridgehead atoms. The molecule has 0 radical (unpaired) electrons. The third-order valence-corrected chi connectivity index (χ3v) is 4.06. The molecule has 0 saturated carbocycles. The highest BCUT2D eigenvalue weighted by Crippen LogP contribution is 2.14. The highest BCUT2D eigenvalue weighted by Gasteiger charge is 2.09. The number of carbonyl (C=O) groups is 1. The van der Waals surface area contributed by atoms with Gasteiger partial charge in [0.05, 0.1) is 6.61 Å². The molecule has 0 aromatic heterocycles. The smallest absolute Gasteiger partial charge is 0.257 e. The molecule has 0 unspecified atom stereocenters. The van der Waals surface area contributed by atoms with Crippen molar-refractivity contribution in [1.82, 2.24) is 5.32 Å². The minimum absolute atomic E-state index is 0.251. The quantitative estimate of drug-likeness (QED) is 0.625. The van der Waals surface area contributed by atoms with Crippen LogP contribution in [0.3, 0.4) is 0 Å². The van der Waals surface area contributed by atoms with Crippen LogP contribution in [-0.2, 0) is 6.42 Å². The summed E-state index contributed by atoms with van der Waals surface area (Å²) < 4.78 is 5.77. The van der Waals surface area contributed by atoms with Crippen molar-refractivity contribution >= 4 is 28.9 Å². The Balaban J connectivity index is 1.53. The first kappa shape index (κ1) is 18.6. The van der Waals surface area contributed by atoms with E-state index < -0.39 is 0 Å². The van der Waals surface area contributed by atoms with Gasteiger partial charge >= 0.3 is 0 Å². The molecule has 0 aliphatic rings. The zero-order valence-corrected chi connectivity index (χ0v) is 15.5. The fraction of sp³-hybridized carbons (Fsp3) is 0.0909. The maximum Gasteiger partial charge on any atom is 0.257 e. The lowest BCUT2D eigenvalue weighted by molar-refractivity contribution is 0.0977. The van der Waals surface area contributed by atoms with Crippen LogP contribution in [0, 0.1) is 0 Å². The summed E-state index contributed by atoms with van der Waals surface area (Å²) in [7, 11) is 0. The van der Waals surface area contributed by atoms with E-state index in [1.807, 2.05) is 54.6 Å². The number of hydrogen-bond acceptors (Lipinski definition) is 3. The maximum atomic E-state index is 12.4. The minimum Gasteiger partial charge on any atom is -0.493 e. The molecular weight excluding hydrogens is 356 g/mol. The van der Waals surface area contributed by atoms with Gasteiger partial charge in [-0.3, -0.25) is 10.1 Å². The van der Waals surface area contributed by atoms with Crippen molar-refractivity contribution < 1.29 is 9.53 Å². The molecule has 3 aromatic rings. The molecule has 2 N–H and O–H groups in total. The Morgan fingerprint density at radius 3 is 2.33 bits per heavy atom. The van der Waals surface area contributed by atoms with Gasteiger partial charge in [0, 0.05) is 17.7 Å². The highest BCUT2D eigenvalue weighted by molar-refractivity contribution is 7.80. The SMILES string of the molecule is O=C(NC(=S)Nc1ccccc1)c1cccc(OCCc2ccccc2)c1. The Kier molecular flexibility index (Phi) is 6.55. The summed E-state index contributed by atoms with van der Waals surface area (Å²) in [5.74, 6) is 0.373. The fourth-order valence-electron chi connectivity index (χ4n) is 2.52. The zero-order chi connectivity index (χ0) is 18.9. The second-order valence-electron chi connectivity index (χ2n) is 5.89. The van der Waals surface area contributed by atoms with E-state index in [4.69, 9.17) is 17.0 Å². The van der Waals surface area contributed by atoms with E-state index in [1.54, 1.807) is 18.2 Å². The number of ether oxygens (including phenoxy) is 1. The largest absolute Gasteiger partial charge is 0.493 e. The Morgan fingerprint density at radius 1 is 0.889 bits per heavy atom. The predicted molar refractivity (Wildman–Crippen MR) is 112 cm³/mol. The van der Waals surface area contributed by atoms with Gasteiger partial charge in [-0.15, -0.1) is 0 Å². The van der Waals surface area contributed by atoms with Gasteiger partial charge in [-0.05, 0) is 48.1 Å². The van der Waals surface area contributed by atoms with Gasteiger partial charge in [0.15, 0.2) is 5.11 Å². The Hall–Kier alpha value is -3.18. The number of thiocarbonyl (C=S) groups is 1. The van der Waals surface area contributed by atoms with Gasteiger partial charge in [0.25, 0.3) is 5.91 Å². The number of para-hydroxylation sites is 1. The normalized spacial score (nSPS) is 10.1. The Morgan fingerprint density at radius 2 is 1.59 bits per heavy atom. The van der Waals surface area contributed by atoms with E-state index >= 15 is 0 Å². The Bertz CT molecular complexity index is 898. The zero-order valence-electron chi connectivity index (χ0n) is 14.7. The predicted octanol–water partition coefficient (Wildman–Crippen LogP) is 4.43. The fourth-order valence-corrected chi connectivity index (χ4v) is 2.73. The molecule has 0 saturated heterocycles. The van der Waals surface area contributed by atoms with Crippen LogP contribution in [0.4, 0.5) is 5.69 Å². The van der Waals surface area contributed by atoms with Gasteiger partial charge in [-0.1, -0.05) is 54.6 Å². The molecular formula is C22H20N2O2S. The topological polar surface area (TPSA) is 50.4 Å². The van der Waals surface area contributed by atoms with Crippen molar-refractivity contribution in [3.63, 3.8) is 0 Å². The molecule has 4 nitrogen and oxygen atoms in total. The second-order valence-corrected chi connectivity index (χ2v) is 6.29. The standard InChI is InChI=1S/C22H20N2O2S/c25-21(24-22(27)23-19-11-5-2-6-12-19)18-10-7-13-20(16-18)26-15-14-17-8-3-1-4-9-17/h1-13,16H,14-15H2,(H2,23,24,25,27). The highest BCUT2D eigenvalue weighted by atomic mass is 32.1. The number of rotatable bonds is 6. The lowest BCUT2D eigenvalue weighted by Crippen LogP contribution is -2.34. The number of nitrogens with one attached hydrogen (secondary N) is 2. The van der Waals surface area contributed by atoms with Crippen molar-refractivity contribution in [2.24, 2.45) is 0 Å². The van der Waals surface area contributed by atoms with Gasteiger partial charge in [-0.2, -0.15) is 0 Å². The van der Waals surface area contributed by atoms with Crippen LogP contribution in [0.15, 0.2) is 84.9 Å². The van der Waals surface area contributed by atoms with E-state index in [-0.39, 0.29) is 11.0 Å². The van der Waals surface area contributed by atoms with Crippen LogP contribution in [-0.4, -0.2) is 17.6 Å². The molecule has 27 heavy (non-hydrogen) atoms. The van der Waals surface area contributed by atoms with Crippen LogP contribution in [0.5, 0.6) is 5.75 Å². The van der Waals surface area contributed by atoms with Crippen LogP contribution in [0.25, 0.3) is 0 Å². The van der Waals surface area contributed by atoms with E-state index in [0.29, 0.717) is 17.9 Å². The van der Waals surface area contributed by atoms with Gasteiger partial charge < -0.3 is 10.1 Å². The summed E-state index contributed by atoms with van der Waals surface area (Å²) >= 11 is 5.19. The van der Waals surface area contributed by atoms with Gasteiger partial charge in [0.1, 0.15) is 5.75 Å². The van der Waals surface area contributed by atoms with Gasteiger partial charge in [-0.25, -0.2) is 0 Å². The van der Waals surface area contributed by atoms with E-state index in [9.17, 15) is 4.79 Å². The lowest BCUT2D eigenvalue weighted by atomic mass is 10.2. The lowest BCUT2D eigenvalue weighted by Gasteiger charge is -2.11. The average Bonchev–Trinajstić information content (AvgIpc) is 2.70. The number of hydrogen-bond donors (Lipinski definition) is 2. The van der Waals surface area contributed by atoms with Crippen molar-refractivity contribution in [3.8, 4) is 5.75 Å². The third-order valence-electron chi connectivity index (χ3n) is 3.86. The van der Waals surface area contributed by atoms with Crippen LogP contribution in [0.2, 0.25) is 0 Å². The molecule has 1 amide bonds. The summed E-state index contributed by atoms with van der Waals surface area (Å²) in [5, 5.41) is 5.91. The van der Waals surface area contributed by atoms with Crippen LogP contribution >= 0.6 is 12.2 Å². The molecule has 0 fully saturated rings. The summed E-state index contributed by atoms with van der Waals surface area (Å²) in [6.07, 6.45) is 0.808. The maximum absolute atomic E-state index is 12.4. The molecule has 3 aromatic carbocycles. The molecule has 0 atom stereocenters. The minimum atomic E-state index is -0.281.